The molecule has 6 nitrogen and oxygen atoms in total. The molecule has 0 saturated carbocycles. The van der Waals surface area contributed by atoms with Crippen molar-refractivity contribution < 1.29 is 8.42 Å². The molecular weight excluding hydrogens is 360 g/mol. The lowest BCUT2D eigenvalue weighted by Gasteiger charge is -2.25. The summed E-state index contributed by atoms with van der Waals surface area (Å²) in [6, 6.07) is 13.4. The highest BCUT2D eigenvalue weighted by Gasteiger charge is 2.25. The van der Waals surface area contributed by atoms with Gasteiger partial charge in [-0.15, -0.1) is 0 Å². The van der Waals surface area contributed by atoms with Crippen LogP contribution in [0.3, 0.4) is 0 Å². The smallest absolute Gasteiger partial charge is 0.243 e. The summed E-state index contributed by atoms with van der Waals surface area (Å²) in [7, 11) is -3.35. The molecule has 142 valence electrons. The first-order chi connectivity index (χ1) is 13.1. The Morgan fingerprint density at radius 2 is 1.67 bits per heavy atom. The Balaban J connectivity index is 1.36. The quantitative estimate of drug-likeness (QED) is 0.685. The molecule has 0 atom stereocenters. The predicted octanol–water partition coefficient (Wildman–Crippen LogP) is 3.03. The zero-order valence-corrected chi connectivity index (χ0v) is 16.0. The van der Waals surface area contributed by atoms with Gasteiger partial charge in [0.2, 0.25) is 10.0 Å². The van der Waals surface area contributed by atoms with Gasteiger partial charge in [-0.2, -0.15) is 9.40 Å². The zero-order chi connectivity index (χ0) is 18.7. The molecule has 2 heterocycles. The molecule has 1 aromatic heterocycles. The number of aromatic amines is 1. The zero-order valence-electron chi connectivity index (χ0n) is 15.2. The predicted molar refractivity (Wildman–Crippen MR) is 106 cm³/mol. The van der Waals surface area contributed by atoms with Crippen LogP contribution >= 0.6 is 0 Å². The minimum Gasteiger partial charge on any atom is -0.309 e. The summed E-state index contributed by atoms with van der Waals surface area (Å²) in [6.45, 7) is 2.69. The van der Waals surface area contributed by atoms with E-state index in [4.69, 9.17) is 0 Å². The summed E-state index contributed by atoms with van der Waals surface area (Å²) >= 11 is 0. The van der Waals surface area contributed by atoms with Crippen LogP contribution in [0, 0.1) is 0 Å². The average molecular weight is 385 g/mol. The molecule has 0 radical (unpaired) electrons. The summed E-state index contributed by atoms with van der Waals surface area (Å²) < 4.78 is 27.0. The number of hydrogen-bond donors (Lipinski definition) is 2. The number of aromatic nitrogens is 2. The van der Waals surface area contributed by atoms with Gasteiger partial charge in [-0.25, -0.2) is 8.42 Å². The summed E-state index contributed by atoms with van der Waals surface area (Å²) in [4.78, 5) is 0.387. The van der Waals surface area contributed by atoms with Crippen LogP contribution in [0.4, 0.5) is 0 Å². The van der Waals surface area contributed by atoms with Gasteiger partial charge in [-0.05, 0) is 42.2 Å². The van der Waals surface area contributed by atoms with Gasteiger partial charge in [0.05, 0.1) is 16.6 Å². The molecule has 1 fully saturated rings. The van der Waals surface area contributed by atoms with E-state index >= 15 is 0 Å². The molecule has 4 rings (SSSR count). The molecule has 0 unspecified atom stereocenters. The van der Waals surface area contributed by atoms with Gasteiger partial charge in [0, 0.05) is 31.6 Å². The van der Waals surface area contributed by atoms with E-state index in [1.165, 1.54) is 5.56 Å². The standard InChI is InChI=1S/C20H24N4O2S/c25-27(26,24-10-2-1-3-11-24)19-8-5-16(6-9-19)13-21-14-17-4-7-18-15-22-23-20(18)12-17/h4-9,12,15,21H,1-3,10-11,13-14H2,(H,22,23). The first-order valence-electron chi connectivity index (χ1n) is 9.35. The Bertz CT molecular complexity index is 1010. The van der Waals surface area contributed by atoms with Crippen LogP contribution in [0.5, 0.6) is 0 Å². The summed E-state index contributed by atoms with van der Waals surface area (Å²) in [5.74, 6) is 0. The number of nitrogens with one attached hydrogen (secondary N) is 2. The Kier molecular flexibility index (Phi) is 5.24. The van der Waals surface area contributed by atoms with Crippen molar-refractivity contribution >= 4 is 20.9 Å². The van der Waals surface area contributed by atoms with Crippen molar-refractivity contribution in [1.82, 2.24) is 19.8 Å². The van der Waals surface area contributed by atoms with Crippen molar-refractivity contribution in [3.8, 4) is 0 Å². The van der Waals surface area contributed by atoms with Gasteiger partial charge in [0.15, 0.2) is 0 Å². The van der Waals surface area contributed by atoms with Gasteiger partial charge < -0.3 is 5.32 Å². The minimum absolute atomic E-state index is 0.387. The molecule has 0 bridgehead atoms. The van der Waals surface area contributed by atoms with Crippen LogP contribution in [0.25, 0.3) is 10.9 Å². The number of fused-ring (bicyclic) bond motifs is 1. The van der Waals surface area contributed by atoms with E-state index < -0.39 is 10.0 Å². The van der Waals surface area contributed by atoms with Crippen LogP contribution in [-0.4, -0.2) is 36.0 Å². The highest BCUT2D eigenvalue weighted by atomic mass is 32.2. The molecule has 0 aliphatic carbocycles. The lowest BCUT2D eigenvalue weighted by Crippen LogP contribution is -2.35. The molecule has 3 aromatic rings. The molecular formula is C20H24N4O2S. The summed E-state index contributed by atoms with van der Waals surface area (Å²) in [5, 5.41) is 11.5. The molecule has 1 aliphatic heterocycles. The Morgan fingerprint density at radius 1 is 0.963 bits per heavy atom. The van der Waals surface area contributed by atoms with Crippen LogP contribution < -0.4 is 5.32 Å². The van der Waals surface area contributed by atoms with E-state index in [0.29, 0.717) is 24.5 Å². The first kappa shape index (κ1) is 18.2. The highest BCUT2D eigenvalue weighted by Crippen LogP contribution is 2.21. The molecule has 2 N–H and O–H groups in total. The molecule has 2 aromatic carbocycles. The van der Waals surface area contributed by atoms with Crippen LogP contribution in [0.2, 0.25) is 0 Å². The van der Waals surface area contributed by atoms with Gasteiger partial charge in [-0.3, -0.25) is 5.10 Å². The third kappa shape index (κ3) is 4.05. The fourth-order valence-electron chi connectivity index (χ4n) is 3.48. The first-order valence-corrected chi connectivity index (χ1v) is 10.8. The Morgan fingerprint density at radius 3 is 2.44 bits per heavy atom. The summed E-state index contributed by atoms with van der Waals surface area (Å²) in [6.07, 6.45) is 4.83. The number of piperidine rings is 1. The lowest BCUT2D eigenvalue weighted by molar-refractivity contribution is 0.346. The maximum atomic E-state index is 12.7. The van der Waals surface area contributed by atoms with Gasteiger partial charge in [-0.1, -0.05) is 30.7 Å². The number of rotatable bonds is 6. The van der Waals surface area contributed by atoms with Crippen molar-refractivity contribution in [1.29, 1.82) is 0 Å². The van der Waals surface area contributed by atoms with Gasteiger partial charge in [0.1, 0.15) is 0 Å². The molecule has 1 aliphatic rings. The van der Waals surface area contributed by atoms with E-state index in [2.05, 4.69) is 33.7 Å². The fourth-order valence-corrected chi connectivity index (χ4v) is 5.00. The number of hydrogen-bond acceptors (Lipinski definition) is 4. The third-order valence-corrected chi connectivity index (χ3v) is 6.95. The maximum absolute atomic E-state index is 12.7. The van der Waals surface area contributed by atoms with Gasteiger partial charge in [0.25, 0.3) is 0 Å². The number of benzene rings is 2. The second-order valence-corrected chi connectivity index (χ2v) is 8.94. The molecule has 0 spiro atoms. The SMILES string of the molecule is O=S(=O)(c1ccc(CNCc2ccc3cn[nH]c3c2)cc1)N1CCCCC1. The lowest BCUT2D eigenvalue weighted by atomic mass is 10.1. The topological polar surface area (TPSA) is 78.1 Å². The van der Waals surface area contributed by atoms with Crippen molar-refractivity contribution in [2.24, 2.45) is 0 Å². The van der Waals surface area contributed by atoms with E-state index in [1.54, 1.807) is 16.4 Å². The normalized spacial score (nSPS) is 16.0. The Labute approximate surface area is 159 Å². The van der Waals surface area contributed by atoms with Crippen molar-refractivity contribution in [3.05, 3.63) is 59.8 Å². The van der Waals surface area contributed by atoms with Crippen molar-refractivity contribution in [2.75, 3.05) is 13.1 Å². The van der Waals surface area contributed by atoms with Crippen LogP contribution in [-0.2, 0) is 23.1 Å². The fraction of sp³-hybridized carbons (Fsp3) is 0.350. The molecule has 1 saturated heterocycles. The van der Waals surface area contributed by atoms with E-state index in [1.807, 2.05) is 18.3 Å². The van der Waals surface area contributed by atoms with Crippen LogP contribution in [0.1, 0.15) is 30.4 Å². The second kappa shape index (κ2) is 7.80. The summed E-state index contributed by atoms with van der Waals surface area (Å²) in [5.41, 5.74) is 3.27. The third-order valence-electron chi connectivity index (χ3n) is 5.04. The van der Waals surface area contributed by atoms with Gasteiger partial charge >= 0.3 is 0 Å². The van der Waals surface area contributed by atoms with E-state index in [0.717, 1.165) is 42.3 Å². The van der Waals surface area contributed by atoms with Crippen molar-refractivity contribution in [3.63, 3.8) is 0 Å². The maximum Gasteiger partial charge on any atom is 0.243 e. The molecule has 7 heteroatoms. The molecule has 27 heavy (non-hydrogen) atoms. The molecule has 0 amide bonds. The van der Waals surface area contributed by atoms with Crippen molar-refractivity contribution in [2.45, 2.75) is 37.2 Å². The largest absolute Gasteiger partial charge is 0.309 e. The number of H-pyrrole nitrogens is 1. The minimum atomic E-state index is -3.35. The monoisotopic (exact) mass is 384 g/mol. The van der Waals surface area contributed by atoms with E-state index in [9.17, 15) is 8.42 Å². The average Bonchev–Trinajstić information content (AvgIpc) is 3.17. The second-order valence-electron chi connectivity index (χ2n) is 7.00. The number of nitrogens with zero attached hydrogens (tertiary/aromatic N) is 2. The number of sulfonamides is 1. The van der Waals surface area contributed by atoms with Crippen LogP contribution in [0.15, 0.2) is 53.6 Å². The van der Waals surface area contributed by atoms with E-state index in [-0.39, 0.29) is 0 Å². The Hall–Kier alpha value is -2.22. The highest BCUT2D eigenvalue weighted by molar-refractivity contribution is 7.89.